The van der Waals surface area contributed by atoms with Gasteiger partial charge in [0.15, 0.2) is 0 Å². The number of hydrogen-bond donors (Lipinski definition) is 0. The molecule has 1 aromatic rings. The van der Waals surface area contributed by atoms with Crippen molar-refractivity contribution in [3.8, 4) is 0 Å². The first kappa shape index (κ1) is 15.9. The van der Waals surface area contributed by atoms with Crippen molar-refractivity contribution in [1.82, 2.24) is 9.80 Å². The van der Waals surface area contributed by atoms with Crippen molar-refractivity contribution in [3.63, 3.8) is 0 Å². The molecule has 1 atom stereocenters. The molecule has 0 aliphatic carbocycles. The number of amides is 2. The van der Waals surface area contributed by atoms with Crippen LogP contribution in [-0.4, -0.2) is 59.9 Å². The number of piperazine rings is 1. The van der Waals surface area contributed by atoms with Crippen LogP contribution in [0.4, 0.5) is 10.1 Å². The van der Waals surface area contributed by atoms with Gasteiger partial charge in [0.2, 0.25) is 11.8 Å². The molecule has 0 aromatic heterocycles. The molecule has 124 valence electrons. The maximum Gasteiger partial charge on any atom is 0.247 e. The molecule has 2 aliphatic rings. The van der Waals surface area contributed by atoms with E-state index < -0.39 is 0 Å². The lowest BCUT2D eigenvalue weighted by Gasteiger charge is -2.38. The molecule has 2 aliphatic heterocycles. The number of rotatable bonds is 3. The molecule has 3 rings (SSSR count). The lowest BCUT2D eigenvalue weighted by molar-refractivity contribution is -0.141. The van der Waals surface area contributed by atoms with Crippen LogP contribution < -0.4 is 4.90 Å². The third kappa shape index (κ3) is 3.08. The Morgan fingerprint density at radius 1 is 1.04 bits per heavy atom. The third-order valence-corrected chi connectivity index (χ3v) is 4.62. The Balaban J connectivity index is 1.62. The second-order valence-electron chi connectivity index (χ2n) is 6.42. The summed E-state index contributed by atoms with van der Waals surface area (Å²) in [5.41, 5.74) is 0.990. The minimum absolute atomic E-state index is 0.0692. The van der Waals surface area contributed by atoms with Gasteiger partial charge in [0.05, 0.1) is 12.5 Å². The van der Waals surface area contributed by atoms with E-state index in [1.165, 1.54) is 17.0 Å². The quantitative estimate of drug-likeness (QED) is 0.792. The summed E-state index contributed by atoms with van der Waals surface area (Å²) in [6, 6.07) is 6.06. The molecule has 2 amide bonds. The van der Waals surface area contributed by atoms with Gasteiger partial charge in [0.25, 0.3) is 0 Å². The van der Waals surface area contributed by atoms with Crippen molar-refractivity contribution in [1.29, 1.82) is 0 Å². The number of carbonyl (C=O) groups excluding carboxylic acids is 2. The van der Waals surface area contributed by atoms with Crippen LogP contribution >= 0.6 is 0 Å². The Kier molecular flexibility index (Phi) is 4.35. The predicted molar refractivity (Wildman–Crippen MR) is 85.6 cm³/mol. The highest BCUT2D eigenvalue weighted by atomic mass is 19.1. The zero-order valence-electron chi connectivity index (χ0n) is 13.5. The Hall–Kier alpha value is -1.95. The maximum atomic E-state index is 13.0. The fourth-order valence-electron chi connectivity index (χ4n) is 3.41. The van der Waals surface area contributed by atoms with Gasteiger partial charge in [-0.1, -0.05) is 0 Å². The van der Waals surface area contributed by atoms with E-state index in [1.807, 2.05) is 13.8 Å². The summed E-state index contributed by atoms with van der Waals surface area (Å²) in [5.74, 6) is -0.382. The average molecular weight is 319 g/mol. The van der Waals surface area contributed by atoms with Crippen molar-refractivity contribution in [2.75, 3.05) is 31.1 Å². The van der Waals surface area contributed by atoms with Gasteiger partial charge in [-0.3, -0.25) is 19.4 Å². The number of anilines is 1. The SMILES string of the molecule is CC(C)N1C(=O)C[C@H](N2CCN(c3ccc(F)cc3)CC2)C1=O. The normalized spacial score (nSPS) is 23.2. The molecular formula is C17H22FN3O2. The lowest BCUT2D eigenvalue weighted by atomic mass is 10.1. The topological polar surface area (TPSA) is 43.9 Å². The van der Waals surface area contributed by atoms with Crippen LogP contribution in [0.3, 0.4) is 0 Å². The number of hydrogen-bond acceptors (Lipinski definition) is 4. The summed E-state index contributed by atoms with van der Waals surface area (Å²) >= 11 is 0. The van der Waals surface area contributed by atoms with Crippen LogP contribution in [0.1, 0.15) is 20.3 Å². The second kappa shape index (κ2) is 6.28. The zero-order valence-corrected chi connectivity index (χ0v) is 13.5. The van der Waals surface area contributed by atoms with E-state index in [0.29, 0.717) is 0 Å². The van der Waals surface area contributed by atoms with Crippen LogP contribution in [0.25, 0.3) is 0 Å². The zero-order chi connectivity index (χ0) is 16.6. The van der Waals surface area contributed by atoms with Gasteiger partial charge in [-0.15, -0.1) is 0 Å². The van der Waals surface area contributed by atoms with Gasteiger partial charge in [-0.25, -0.2) is 4.39 Å². The second-order valence-corrected chi connectivity index (χ2v) is 6.42. The summed E-state index contributed by atoms with van der Waals surface area (Å²) in [7, 11) is 0. The molecule has 2 heterocycles. The maximum absolute atomic E-state index is 13.0. The van der Waals surface area contributed by atoms with Crippen LogP contribution in [0.15, 0.2) is 24.3 Å². The predicted octanol–water partition coefficient (Wildman–Crippen LogP) is 1.48. The molecule has 0 saturated carbocycles. The lowest BCUT2D eigenvalue weighted by Crippen LogP contribution is -2.53. The fourth-order valence-corrected chi connectivity index (χ4v) is 3.41. The molecule has 6 heteroatoms. The summed E-state index contributed by atoms with van der Waals surface area (Å²) in [4.78, 5) is 30.1. The number of imide groups is 1. The smallest absolute Gasteiger partial charge is 0.247 e. The molecule has 0 bridgehead atoms. The summed E-state index contributed by atoms with van der Waals surface area (Å²) < 4.78 is 13.0. The Labute approximate surface area is 135 Å². The summed E-state index contributed by atoms with van der Waals surface area (Å²) in [6.07, 6.45) is 0.285. The van der Waals surface area contributed by atoms with Crippen LogP contribution in [-0.2, 0) is 9.59 Å². The van der Waals surface area contributed by atoms with Gasteiger partial charge in [0.1, 0.15) is 5.82 Å². The largest absolute Gasteiger partial charge is 0.369 e. The number of benzene rings is 1. The van der Waals surface area contributed by atoms with E-state index in [1.54, 1.807) is 12.1 Å². The van der Waals surface area contributed by atoms with E-state index >= 15 is 0 Å². The Morgan fingerprint density at radius 3 is 2.17 bits per heavy atom. The van der Waals surface area contributed by atoms with Crippen molar-refractivity contribution in [2.24, 2.45) is 0 Å². The summed E-state index contributed by atoms with van der Waals surface area (Å²) in [6.45, 7) is 6.73. The highest BCUT2D eigenvalue weighted by Crippen LogP contribution is 2.24. The van der Waals surface area contributed by atoms with E-state index in [2.05, 4.69) is 9.80 Å². The first-order valence-corrected chi connectivity index (χ1v) is 8.08. The standard InChI is InChI=1S/C17H22FN3O2/c1-12(2)21-16(22)11-15(17(21)23)20-9-7-19(8-10-20)14-5-3-13(18)4-6-14/h3-6,12,15H,7-11H2,1-2H3/t15-/m0/s1. The average Bonchev–Trinajstić information content (AvgIpc) is 2.83. The number of nitrogens with zero attached hydrogens (tertiary/aromatic N) is 3. The molecule has 5 nitrogen and oxygen atoms in total. The minimum atomic E-state index is -0.319. The van der Waals surface area contributed by atoms with Crippen molar-refractivity contribution >= 4 is 17.5 Å². The van der Waals surface area contributed by atoms with Gasteiger partial charge < -0.3 is 4.90 Å². The van der Waals surface area contributed by atoms with Gasteiger partial charge in [-0.05, 0) is 38.1 Å². The molecule has 0 spiro atoms. The molecule has 1 aromatic carbocycles. The minimum Gasteiger partial charge on any atom is -0.369 e. The highest BCUT2D eigenvalue weighted by molar-refractivity contribution is 6.05. The highest BCUT2D eigenvalue weighted by Gasteiger charge is 2.43. The number of carbonyl (C=O) groups is 2. The molecule has 0 radical (unpaired) electrons. The molecular weight excluding hydrogens is 297 g/mol. The van der Waals surface area contributed by atoms with Crippen molar-refractivity contribution < 1.29 is 14.0 Å². The molecule has 0 unspecified atom stereocenters. The van der Waals surface area contributed by atoms with E-state index in [-0.39, 0.29) is 36.1 Å². The molecule has 2 saturated heterocycles. The van der Waals surface area contributed by atoms with E-state index in [9.17, 15) is 14.0 Å². The molecule has 2 fully saturated rings. The molecule has 0 N–H and O–H groups in total. The first-order valence-electron chi connectivity index (χ1n) is 8.08. The van der Waals surface area contributed by atoms with Gasteiger partial charge >= 0.3 is 0 Å². The van der Waals surface area contributed by atoms with E-state index in [4.69, 9.17) is 0 Å². The fraction of sp³-hybridized carbons (Fsp3) is 0.529. The summed E-state index contributed by atoms with van der Waals surface area (Å²) in [5, 5.41) is 0. The van der Waals surface area contributed by atoms with Crippen LogP contribution in [0, 0.1) is 5.82 Å². The Bertz CT molecular complexity index is 594. The molecule has 23 heavy (non-hydrogen) atoms. The van der Waals surface area contributed by atoms with Crippen molar-refractivity contribution in [3.05, 3.63) is 30.1 Å². The Morgan fingerprint density at radius 2 is 1.65 bits per heavy atom. The number of likely N-dealkylation sites (tertiary alicyclic amines) is 1. The van der Waals surface area contributed by atoms with Gasteiger partial charge in [-0.2, -0.15) is 0 Å². The monoisotopic (exact) mass is 319 g/mol. The third-order valence-electron chi connectivity index (χ3n) is 4.62. The van der Waals surface area contributed by atoms with Crippen LogP contribution in [0.2, 0.25) is 0 Å². The number of halogens is 1. The van der Waals surface area contributed by atoms with Crippen molar-refractivity contribution in [2.45, 2.75) is 32.4 Å². The first-order chi connectivity index (χ1) is 11.0. The van der Waals surface area contributed by atoms with E-state index in [0.717, 1.165) is 31.9 Å². The van der Waals surface area contributed by atoms with Gasteiger partial charge in [0, 0.05) is 37.9 Å². The van der Waals surface area contributed by atoms with Crippen LogP contribution in [0.5, 0.6) is 0 Å².